The first-order chi connectivity index (χ1) is 21.4. The number of hydrogen-bond donors (Lipinski definition) is 4. The molecule has 44 heavy (non-hydrogen) atoms. The first-order valence-electron chi connectivity index (χ1n) is 13.8. The van der Waals surface area contributed by atoms with E-state index < -0.39 is 11.8 Å². The largest absolute Gasteiger partial charge is 0.507 e. The van der Waals surface area contributed by atoms with Crippen LogP contribution in [0.15, 0.2) is 131 Å². The third kappa shape index (κ3) is 8.32. The van der Waals surface area contributed by atoms with Crippen LogP contribution < -0.4 is 10.6 Å². The van der Waals surface area contributed by atoms with E-state index in [4.69, 9.17) is 0 Å². The van der Waals surface area contributed by atoms with Gasteiger partial charge in [-0.25, -0.2) is 0 Å². The summed E-state index contributed by atoms with van der Waals surface area (Å²) in [5.74, 6) is -1.49. The van der Waals surface area contributed by atoms with Crippen LogP contribution in [-0.4, -0.2) is 35.1 Å². The highest BCUT2D eigenvalue weighted by Crippen LogP contribution is 2.32. The topological polar surface area (TPSA) is 148 Å². The molecule has 0 aliphatic carbocycles. The number of rotatable bonds is 13. The van der Waals surface area contributed by atoms with E-state index in [-0.39, 0.29) is 35.7 Å². The van der Waals surface area contributed by atoms with Crippen LogP contribution in [0.4, 0.5) is 22.7 Å². The molecule has 0 unspecified atom stereocenters. The van der Waals surface area contributed by atoms with Crippen molar-refractivity contribution in [2.75, 3.05) is 13.1 Å². The summed E-state index contributed by atoms with van der Waals surface area (Å²) in [6.45, 7) is 7.51. The van der Waals surface area contributed by atoms with Gasteiger partial charge in [0.1, 0.15) is 11.5 Å². The smallest absolute Gasteiger partial charge is 0.255 e. The minimum Gasteiger partial charge on any atom is -0.507 e. The third-order valence-electron chi connectivity index (χ3n) is 6.34. The average molecular weight is 589 g/mol. The first-order valence-corrected chi connectivity index (χ1v) is 13.8. The summed E-state index contributed by atoms with van der Waals surface area (Å²) in [7, 11) is 0. The number of phenolic OH excluding ortho intramolecular Hbond substituents is 2. The molecule has 0 bridgehead atoms. The molecule has 4 aromatic rings. The quantitative estimate of drug-likeness (QED) is 0.0725. The number of amides is 2. The summed E-state index contributed by atoms with van der Waals surface area (Å²) < 4.78 is 0. The van der Waals surface area contributed by atoms with Crippen LogP contribution in [0.5, 0.6) is 11.5 Å². The van der Waals surface area contributed by atoms with Crippen molar-refractivity contribution < 1.29 is 19.8 Å². The highest BCUT2D eigenvalue weighted by molar-refractivity contribution is 5.99. The van der Waals surface area contributed by atoms with Crippen LogP contribution in [0.1, 0.15) is 31.8 Å². The molecule has 10 heteroatoms. The normalized spacial score (nSPS) is 11.0. The lowest BCUT2D eigenvalue weighted by atomic mass is 10.0. The van der Waals surface area contributed by atoms with E-state index in [1.165, 1.54) is 12.1 Å². The maximum Gasteiger partial charge on any atom is 0.255 e. The minimum atomic E-state index is -0.557. The Labute approximate surface area is 255 Å². The molecular weight excluding hydrogens is 556 g/mol. The molecular formula is C34H32N6O4. The van der Waals surface area contributed by atoms with Gasteiger partial charge < -0.3 is 20.8 Å². The monoisotopic (exact) mass is 588 g/mol. The Morgan fingerprint density at radius 2 is 0.955 bits per heavy atom. The lowest BCUT2D eigenvalue weighted by molar-refractivity contribution is 0.0924. The predicted octanol–water partition coefficient (Wildman–Crippen LogP) is 7.55. The SMILES string of the molecule is C=CCc1cc(N=Nc2ccccc2)cc(C(=O)NCCNC(=O)c2cc(N=Nc3ccccc3)cc(CC=C)c2O)c1O. The van der Waals surface area contributed by atoms with Crippen LogP contribution >= 0.6 is 0 Å². The highest BCUT2D eigenvalue weighted by Gasteiger charge is 2.18. The molecule has 0 radical (unpaired) electrons. The van der Waals surface area contributed by atoms with E-state index in [0.29, 0.717) is 46.7 Å². The molecule has 222 valence electrons. The van der Waals surface area contributed by atoms with Crippen molar-refractivity contribution in [2.45, 2.75) is 12.8 Å². The molecule has 0 saturated heterocycles. The molecule has 0 aliphatic rings. The zero-order valence-electron chi connectivity index (χ0n) is 24.0. The van der Waals surface area contributed by atoms with Crippen molar-refractivity contribution in [3.05, 3.63) is 132 Å². The molecule has 0 atom stereocenters. The van der Waals surface area contributed by atoms with E-state index in [1.807, 2.05) is 36.4 Å². The molecule has 0 heterocycles. The van der Waals surface area contributed by atoms with Gasteiger partial charge in [0.05, 0.1) is 33.9 Å². The maximum atomic E-state index is 13.0. The molecule has 0 spiro atoms. The fourth-order valence-corrected chi connectivity index (χ4v) is 4.20. The third-order valence-corrected chi connectivity index (χ3v) is 6.34. The Kier molecular flexibility index (Phi) is 10.8. The van der Waals surface area contributed by atoms with Crippen molar-refractivity contribution in [3.63, 3.8) is 0 Å². The van der Waals surface area contributed by atoms with Crippen molar-refractivity contribution in [2.24, 2.45) is 20.5 Å². The van der Waals surface area contributed by atoms with Gasteiger partial charge in [-0.3, -0.25) is 9.59 Å². The molecule has 0 fully saturated rings. The van der Waals surface area contributed by atoms with Crippen LogP contribution in [0.25, 0.3) is 0 Å². The molecule has 4 N–H and O–H groups in total. The Hall–Kier alpha value is -5.90. The lowest BCUT2D eigenvalue weighted by Crippen LogP contribution is -2.34. The second-order valence-corrected chi connectivity index (χ2v) is 9.57. The van der Waals surface area contributed by atoms with Crippen molar-refractivity contribution in [1.82, 2.24) is 10.6 Å². The molecule has 2 amide bonds. The lowest BCUT2D eigenvalue weighted by Gasteiger charge is -2.13. The van der Waals surface area contributed by atoms with Gasteiger partial charge in [-0.05, 0) is 61.4 Å². The van der Waals surface area contributed by atoms with Gasteiger partial charge >= 0.3 is 0 Å². The van der Waals surface area contributed by atoms with Gasteiger partial charge in [0.25, 0.3) is 11.8 Å². The fraction of sp³-hybridized carbons (Fsp3) is 0.118. The van der Waals surface area contributed by atoms with Gasteiger partial charge in [0.2, 0.25) is 0 Å². The Balaban J connectivity index is 1.43. The van der Waals surface area contributed by atoms with Crippen LogP contribution in [-0.2, 0) is 12.8 Å². The van der Waals surface area contributed by atoms with Crippen LogP contribution in [0.3, 0.4) is 0 Å². The van der Waals surface area contributed by atoms with E-state index in [2.05, 4.69) is 44.2 Å². The summed E-state index contributed by atoms with van der Waals surface area (Å²) >= 11 is 0. The van der Waals surface area contributed by atoms with Gasteiger partial charge in [-0.1, -0.05) is 48.6 Å². The Morgan fingerprint density at radius 1 is 0.591 bits per heavy atom. The number of carbonyl (C=O) groups excluding carboxylic acids is 2. The summed E-state index contributed by atoms with van der Waals surface area (Å²) in [6.07, 6.45) is 3.85. The zero-order valence-corrected chi connectivity index (χ0v) is 24.0. The number of phenols is 2. The van der Waals surface area contributed by atoms with E-state index in [9.17, 15) is 19.8 Å². The first kappa shape index (κ1) is 31.0. The number of hydrogen-bond acceptors (Lipinski definition) is 8. The second kappa shape index (κ2) is 15.4. The van der Waals surface area contributed by atoms with Gasteiger partial charge in [-0.15, -0.1) is 13.2 Å². The highest BCUT2D eigenvalue weighted by atomic mass is 16.3. The summed E-state index contributed by atoms with van der Waals surface area (Å²) in [5.41, 5.74) is 3.02. The van der Waals surface area contributed by atoms with Gasteiger partial charge in [-0.2, -0.15) is 20.5 Å². The number of aromatic hydroxyl groups is 2. The number of benzene rings is 4. The summed E-state index contributed by atoms with van der Waals surface area (Å²) in [5, 5.41) is 43.7. The Morgan fingerprint density at radius 3 is 1.32 bits per heavy atom. The minimum absolute atomic E-state index is 0.0147. The number of nitrogens with one attached hydrogen (secondary N) is 2. The second-order valence-electron chi connectivity index (χ2n) is 9.57. The molecule has 0 saturated carbocycles. The maximum absolute atomic E-state index is 13.0. The van der Waals surface area contributed by atoms with Crippen molar-refractivity contribution in [3.8, 4) is 11.5 Å². The fourth-order valence-electron chi connectivity index (χ4n) is 4.20. The Bertz CT molecular complexity index is 1580. The molecule has 0 aromatic heterocycles. The average Bonchev–Trinajstić information content (AvgIpc) is 3.04. The van der Waals surface area contributed by atoms with Crippen molar-refractivity contribution >= 4 is 34.6 Å². The van der Waals surface area contributed by atoms with Crippen molar-refractivity contribution in [1.29, 1.82) is 0 Å². The van der Waals surface area contributed by atoms with E-state index in [0.717, 1.165) is 0 Å². The van der Waals surface area contributed by atoms with Gasteiger partial charge in [0, 0.05) is 24.2 Å². The standard InChI is InChI=1S/C34H32N6O4/c1-3-11-23-19-27(39-37-25-13-7-5-8-14-25)21-29(31(23)41)33(43)35-17-18-36-34(44)30-22-28(20-24(12-4-2)32(30)42)40-38-26-15-9-6-10-16-26/h3-10,13-16,19-22,41-42H,1-2,11-12,17-18H2,(H,35,43)(H,36,44). The van der Waals surface area contributed by atoms with Crippen LogP contribution in [0, 0.1) is 0 Å². The molecule has 0 aliphatic heterocycles. The number of carbonyl (C=O) groups is 2. The number of nitrogens with zero attached hydrogens (tertiary/aromatic N) is 4. The predicted molar refractivity (Wildman–Crippen MR) is 170 cm³/mol. The number of azo groups is 2. The van der Waals surface area contributed by atoms with Crippen LogP contribution in [0.2, 0.25) is 0 Å². The summed E-state index contributed by atoms with van der Waals surface area (Å²) in [6, 6.07) is 24.4. The zero-order chi connectivity index (χ0) is 31.3. The molecule has 4 rings (SSSR count). The van der Waals surface area contributed by atoms with Gasteiger partial charge in [0.15, 0.2) is 0 Å². The molecule has 4 aromatic carbocycles. The van der Waals surface area contributed by atoms with E-state index in [1.54, 1.807) is 48.6 Å². The molecule has 10 nitrogen and oxygen atoms in total. The summed E-state index contributed by atoms with van der Waals surface area (Å²) in [4.78, 5) is 26.0. The number of allylic oxidation sites excluding steroid dienone is 2. The van der Waals surface area contributed by atoms with E-state index >= 15 is 0 Å².